The zero-order valence-corrected chi connectivity index (χ0v) is 12.9. The lowest BCUT2D eigenvalue weighted by Gasteiger charge is -2.32. The standard InChI is InChI=1S/C12H18BrN3O3/c1-12(2,3)18-11(17)16-6-4-5-8(7-16)9-14-10(13)15-19-9/h8H,4-7H2,1-3H3/t8-/m0/s1. The van der Waals surface area contributed by atoms with E-state index in [0.717, 1.165) is 12.8 Å². The minimum Gasteiger partial charge on any atom is -0.444 e. The summed E-state index contributed by atoms with van der Waals surface area (Å²) >= 11 is 3.16. The monoisotopic (exact) mass is 331 g/mol. The molecule has 1 aliphatic heterocycles. The van der Waals surface area contributed by atoms with Crippen molar-refractivity contribution < 1.29 is 14.1 Å². The van der Waals surface area contributed by atoms with Gasteiger partial charge >= 0.3 is 6.09 Å². The van der Waals surface area contributed by atoms with Crippen molar-refractivity contribution >= 4 is 22.0 Å². The van der Waals surface area contributed by atoms with Gasteiger partial charge in [-0.2, -0.15) is 4.98 Å². The number of aromatic nitrogens is 2. The molecule has 1 atom stereocenters. The van der Waals surface area contributed by atoms with Crippen LogP contribution in [0.25, 0.3) is 0 Å². The molecular formula is C12H18BrN3O3. The highest BCUT2D eigenvalue weighted by Gasteiger charge is 2.30. The topological polar surface area (TPSA) is 68.5 Å². The molecule has 0 radical (unpaired) electrons. The Kier molecular flexibility index (Phi) is 4.13. The van der Waals surface area contributed by atoms with Gasteiger partial charge in [0.2, 0.25) is 10.6 Å². The third-order valence-corrected chi connectivity index (χ3v) is 3.16. The lowest BCUT2D eigenvalue weighted by molar-refractivity contribution is 0.0189. The maximum absolute atomic E-state index is 12.0. The van der Waals surface area contributed by atoms with Crippen LogP contribution in [0, 0.1) is 0 Å². The van der Waals surface area contributed by atoms with E-state index in [-0.39, 0.29) is 12.0 Å². The molecule has 0 aromatic carbocycles. The van der Waals surface area contributed by atoms with E-state index in [2.05, 4.69) is 26.1 Å². The molecule has 7 heteroatoms. The highest BCUT2D eigenvalue weighted by molar-refractivity contribution is 9.10. The molecule has 1 aromatic rings. The first-order valence-corrected chi connectivity index (χ1v) is 7.11. The number of carbonyl (C=O) groups is 1. The van der Waals surface area contributed by atoms with Crippen molar-refractivity contribution in [3.63, 3.8) is 0 Å². The number of rotatable bonds is 1. The highest BCUT2D eigenvalue weighted by Crippen LogP contribution is 2.27. The van der Waals surface area contributed by atoms with Crippen molar-refractivity contribution in [1.29, 1.82) is 0 Å². The van der Waals surface area contributed by atoms with Gasteiger partial charge in [-0.05, 0) is 54.7 Å². The van der Waals surface area contributed by atoms with Gasteiger partial charge in [0.1, 0.15) is 5.60 Å². The number of amides is 1. The maximum Gasteiger partial charge on any atom is 0.410 e. The minimum absolute atomic E-state index is 0.0834. The Labute approximate surface area is 120 Å². The van der Waals surface area contributed by atoms with E-state index in [1.807, 2.05) is 20.8 Å². The van der Waals surface area contributed by atoms with Gasteiger partial charge < -0.3 is 14.2 Å². The van der Waals surface area contributed by atoms with Crippen LogP contribution in [0.1, 0.15) is 45.4 Å². The lowest BCUT2D eigenvalue weighted by atomic mass is 9.98. The minimum atomic E-state index is -0.475. The van der Waals surface area contributed by atoms with E-state index in [4.69, 9.17) is 9.26 Å². The number of ether oxygens (including phenoxy) is 1. The third kappa shape index (κ3) is 3.92. The Hall–Kier alpha value is -1.11. The van der Waals surface area contributed by atoms with Crippen molar-refractivity contribution in [2.45, 2.75) is 45.1 Å². The Morgan fingerprint density at radius 2 is 2.26 bits per heavy atom. The molecule has 1 amide bonds. The Bertz CT molecular complexity index is 455. The summed E-state index contributed by atoms with van der Waals surface area (Å²) in [6, 6.07) is 0. The fraction of sp³-hybridized carbons (Fsp3) is 0.750. The first-order chi connectivity index (χ1) is 8.85. The summed E-state index contributed by atoms with van der Waals surface area (Å²) in [6.45, 7) is 6.86. The molecule has 1 saturated heterocycles. The quantitative estimate of drug-likeness (QED) is 0.791. The lowest BCUT2D eigenvalue weighted by Crippen LogP contribution is -2.42. The first-order valence-electron chi connectivity index (χ1n) is 6.32. The molecule has 0 spiro atoms. The average Bonchev–Trinajstić information content (AvgIpc) is 2.74. The van der Waals surface area contributed by atoms with Gasteiger partial charge in [-0.25, -0.2) is 4.79 Å². The first kappa shape index (κ1) is 14.3. The Morgan fingerprint density at radius 1 is 1.53 bits per heavy atom. The van der Waals surface area contributed by atoms with Gasteiger partial charge in [0, 0.05) is 13.1 Å². The average molecular weight is 332 g/mol. The molecule has 6 nitrogen and oxygen atoms in total. The number of piperidine rings is 1. The van der Waals surface area contributed by atoms with Gasteiger partial charge in [0.05, 0.1) is 5.92 Å². The van der Waals surface area contributed by atoms with E-state index < -0.39 is 5.60 Å². The van der Waals surface area contributed by atoms with Crippen molar-refractivity contribution in [1.82, 2.24) is 15.0 Å². The van der Waals surface area contributed by atoms with Crippen LogP contribution >= 0.6 is 15.9 Å². The molecule has 2 rings (SSSR count). The van der Waals surface area contributed by atoms with Crippen molar-refractivity contribution in [2.75, 3.05) is 13.1 Å². The number of carbonyl (C=O) groups excluding carboxylic acids is 1. The molecule has 0 aliphatic carbocycles. The number of likely N-dealkylation sites (tertiary alicyclic amines) is 1. The van der Waals surface area contributed by atoms with Crippen LogP contribution < -0.4 is 0 Å². The molecule has 1 aromatic heterocycles. The van der Waals surface area contributed by atoms with Crippen molar-refractivity contribution in [3.05, 3.63) is 10.6 Å². The molecule has 1 fully saturated rings. The molecule has 0 unspecified atom stereocenters. The van der Waals surface area contributed by atoms with Crippen LogP contribution in [0.2, 0.25) is 0 Å². The van der Waals surface area contributed by atoms with Crippen LogP contribution in [-0.2, 0) is 4.74 Å². The van der Waals surface area contributed by atoms with Gasteiger partial charge in [0.25, 0.3) is 0 Å². The van der Waals surface area contributed by atoms with Crippen LogP contribution in [0.15, 0.2) is 9.26 Å². The largest absolute Gasteiger partial charge is 0.444 e. The van der Waals surface area contributed by atoms with Crippen LogP contribution in [0.5, 0.6) is 0 Å². The van der Waals surface area contributed by atoms with E-state index in [0.29, 0.717) is 23.7 Å². The highest BCUT2D eigenvalue weighted by atomic mass is 79.9. The summed E-state index contributed by atoms with van der Waals surface area (Å²) in [6.07, 6.45) is 1.56. The van der Waals surface area contributed by atoms with Gasteiger partial charge in [-0.1, -0.05) is 0 Å². The molecule has 0 saturated carbocycles. The number of halogens is 1. The molecule has 106 valence electrons. The van der Waals surface area contributed by atoms with Gasteiger partial charge in [-0.15, -0.1) is 0 Å². The SMILES string of the molecule is CC(C)(C)OC(=O)N1CCC[C@H](c2nc(Br)no2)C1. The van der Waals surface area contributed by atoms with E-state index in [1.54, 1.807) is 4.90 Å². The van der Waals surface area contributed by atoms with Crippen LogP contribution in [-0.4, -0.2) is 39.8 Å². The summed E-state index contributed by atoms with van der Waals surface area (Å²) < 4.78 is 11.0. The zero-order chi connectivity index (χ0) is 14.0. The normalized spacial score (nSPS) is 20.4. The number of nitrogens with zero attached hydrogens (tertiary/aromatic N) is 3. The summed E-state index contributed by atoms with van der Waals surface area (Å²) in [5.74, 6) is 0.653. The predicted octanol–water partition coefficient (Wildman–Crippen LogP) is 2.95. The van der Waals surface area contributed by atoms with Crippen molar-refractivity contribution in [3.8, 4) is 0 Å². The third-order valence-electron chi connectivity index (χ3n) is 2.84. The summed E-state index contributed by atoms with van der Waals surface area (Å²) in [4.78, 5) is 17.9. The molecule has 1 aliphatic rings. The van der Waals surface area contributed by atoms with E-state index >= 15 is 0 Å². The van der Waals surface area contributed by atoms with E-state index in [1.165, 1.54) is 0 Å². The second kappa shape index (κ2) is 5.48. The Morgan fingerprint density at radius 3 is 2.84 bits per heavy atom. The molecule has 19 heavy (non-hydrogen) atoms. The van der Waals surface area contributed by atoms with E-state index in [9.17, 15) is 4.79 Å². The summed E-state index contributed by atoms with van der Waals surface area (Å²) in [5, 5.41) is 3.72. The zero-order valence-electron chi connectivity index (χ0n) is 11.4. The molecule has 0 N–H and O–H groups in total. The van der Waals surface area contributed by atoms with Gasteiger partial charge in [-0.3, -0.25) is 0 Å². The van der Waals surface area contributed by atoms with Crippen LogP contribution in [0.3, 0.4) is 0 Å². The fourth-order valence-electron chi connectivity index (χ4n) is 2.05. The van der Waals surface area contributed by atoms with Crippen LogP contribution in [0.4, 0.5) is 4.79 Å². The Balaban J connectivity index is 1.99. The second-order valence-corrected chi connectivity index (χ2v) is 6.38. The summed E-state index contributed by atoms with van der Waals surface area (Å²) in [7, 11) is 0. The predicted molar refractivity (Wildman–Crippen MR) is 71.8 cm³/mol. The number of hydrogen-bond acceptors (Lipinski definition) is 5. The fourth-order valence-corrected chi connectivity index (χ4v) is 2.30. The van der Waals surface area contributed by atoms with Crippen molar-refractivity contribution in [2.24, 2.45) is 0 Å². The smallest absolute Gasteiger partial charge is 0.410 e. The molecule has 2 heterocycles. The second-order valence-electron chi connectivity index (χ2n) is 5.67. The maximum atomic E-state index is 12.0. The van der Waals surface area contributed by atoms with Gasteiger partial charge in [0.15, 0.2) is 0 Å². The molecular weight excluding hydrogens is 314 g/mol. The number of hydrogen-bond donors (Lipinski definition) is 0. The molecule has 0 bridgehead atoms. The summed E-state index contributed by atoms with van der Waals surface area (Å²) in [5.41, 5.74) is -0.475.